The number of likely N-dealkylation sites (tertiary alicyclic amines) is 1. The zero-order chi connectivity index (χ0) is 12.5. The van der Waals surface area contributed by atoms with Crippen LogP contribution in [0.4, 0.5) is 0 Å². The molecule has 3 rings (SSSR count). The number of rotatable bonds is 2. The highest BCUT2D eigenvalue weighted by molar-refractivity contribution is 6.32. The van der Waals surface area contributed by atoms with Crippen molar-refractivity contribution >= 4 is 11.6 Å². The van der Waals surface area contributed by atoms with Crippen LogP contribution in [0.15, 0.2) is 18.2 Å². The average molecular weight is 267 g/mol. The Balaban J connectivity index is 1.64. The molecule has 0 aliphatic carbocycles. The Bertz CT molecular complexity index is 424. The maximum absolute atomic E-state index is 9.42. The van der Waals surface area contributed by atoms with Crippen LogP contribution in [0.2, 0.25) is 5.02 Å². The first-order valence-electron chi connectivity index (χ1n) is 6.65. The summed E-state index contributed by atoms with van der Waals surface area (Å²) in [4.78, 5) is 2.48. The summed E-state index contributed by atoms with van der Waals surface area (Å²) in [7, 11) is 0. The fraction of sp³-hybridized carbons (Fsp3) is 0.571. The number of nitrogens with one attached hydrogen (secondary N) is 1. The molecule has 1 aromatic carbocycles. The van der Waals surface area contributed by atoms with E-state index in [1.807, 2.05) is 12.1 Å². The Labute approximate surface area is 113 Å². The summed E-state index contributed by atoms with van der Waals surface area (Å²) in [6, 6.07) is 6.17. The van der Waals surface area contributed by atoms with E-state index in [9.17, 15) is 5.11 Å². The number of piperidine rings is 1. The summed E-state index contributed by atoms with van der Waals surface area (Å²) in [6.07, 6.45) is 2.66. The minimum Gasteiger partial charge on any atom is -0.506 e. The lowest BCUT2D eigenvalue weighted by molar-refractivity contribution is 0.312. The standard InChI is InChI=1S/C14H19ClN2O/c15-12-6-10(3-4-14(12)18)7-17-8-11-2-1-5-16-13(11)9-17/h3-4,6,11,13,16,18H,1-2,5,7-9H2. The number of phenolic OH excluding ortho intramolecular Hbond substituents is 1. The third-order valence-corrected chi connectivity index (χ3v) is 4.40. The molecule has 2 unspecified atom stereocenters. The highest BCUT2D eigenvalue weighted by Crippen LogP contribution is 2.28. The van der Waals surface area contributed by atoms with Crippen molar-refractivity contribution in [3.63, 3.8) is 0 Å². The molecule has 2 saturated heterocycles. The first-order valence-corrected chi connectivity index (χ1v) is 7.03. The lowest BCUT2D eigenvalue weighted by atomic mass is 9.94. The van der Waals surface area contributed by atoms with E-state index in [2.05, 4.69) is 10.2 Å². The maximum atomic E-state index is 9.42. The van der Waals surface area contributed by atoms with Crippen molar-refractivity contribution in [1.29, 1.82) is 0 Å². The normalized spacial score (nSPS) is 28.3. The topological polar surface area (TPSA) is 35.5 Å². The van der Waals surface area contributed by atoms with E-state index in [1.54, 1.807) is 6.07 Å². The number of halogens is 1. The molecule has 0 spiro atoms. The number of hydrogen-bond acceptors (Lipinski definition) is 3. The largest absolute Gasteiger partial charge is 0.506 e. The third kappa shape index (κ3) is 2.48. The van der Waals surface area contributed by atoms with Gasteiger partial charge < -0.3 is 10.4 Å². The number of aromatic hydroxyl groups is 1. The van der Waals surface area contributed by atoms with Gasteiger partial charge in [0.25, 0.3) is 0 Å². The molecular formula is C14H19ClN2O. The van der Waals surface area contributed by atoms with Gasteiger partial charge in [0.15, 0.2) is 0 Å². The Hall–Kier alpha value is -0.770. The van der Waals surface area contributed by atoms with Crippen LogP contribution in [0, 0.1) is 5.92 Å². The summed E-state index contributed by atoms with van der Waals surface area (Å²) in [6.45, 7) is 4.40. The van der Waals surface area contributed by atoms with E-state index in [1.165, 1.54) is 31.5 Å². The molecule has 1 aromatic rings. The van der Waals surface area contributed by atoms with Crippen molar-refractivity contribution in [1.82, 2.24) is 10.2 Å². The van der Waals surface area contributed by atoms with Crippen molar-refractivity contribution in [2.75, 3.05) is 19.6 Å². The monoisotopic (exact) mass is 266 g/mol. The Kier molecular flexibility index (Phi) is 3.46. The second-order valence-electron chi connectivity index (χ2n) is 5.44. The van der Waals surface area contributed by atoms with Gasteiger partial charge in [0.2, 0.25) is 0 Å². The second-order valence-corrected chi connectivity index (χ2v) is 5.85. The summed E-state index contributed by atoms with van der Waals surface area (Å²) in [5, 5.41) is 13.5. The summed E-state index contributed by atoms with van der Waals surface area (Å²) in [5.41, 5.74) is 1.18. The van der Waals surface area contributed by atoms with Gasteiger partial charge in [-0.15, -0.1) is 0 Å². The van der Waals surface area contributed by atoms with Crippen LogP contribution in [-0.2, 0) is 6.54 Å². The van der Waals surface area contributed by atoms with Crippen LogP contribution in [0.3, 0.4) is 0 Å². The molecule has 2 aliphatic rings. The first kappa shape index (κ1) is 12.3. The Morgan fingerprint density at radius 1 is 1.39 bits per heavy atom. The molecule has 2 atom stereocenters. The molecule has 0 radical (unpaired) electrons. The second kappa shape index (κ2) is 5.08. The van der Waals surface area contributed by atoms with Crippen molar-refractivity contribution in [2.24, 2.45) is 5.92 Å². The van der Waals surface area contributed by atoms with Crippen LogP contribution in [-0.4, -0.2) is 35.7 Å². The summed E-state index contributed by atoms with van der Waals surface area (Å²) >= 11 is 5.94. The van der Waals surface area contributed by atoms with Gasteiger partial charge in [-0.25, -0.2) is 0 Å². The van der Waals surface area contributed by atoms with Gasteiger partial charge in [-0.1, -0.05) is 17.7 Å². The fourth-order valence-corrected chi connectivity index (χ4v) is 3.38. The van der Waals surface area contributed by atoms with Gasteiger partial charge in [0.05, 0.1) is 5.02 Å². The zero-order valence-corrected chi connectivity index (χ0v) is 11.2. The van der Waals surface area contributed by atoms with E-state index in [0.717, 1.165) is 19.0 Å². The zero-order valence-electron chi connectivity index (χ0n) is 10.4. The van der Waals surface area contributed by atoms with Gasteiger partial charge in [-0.3, -0.25) is 4.90 Å². The molecule has 0 saturated carbocycles. The highest BCUT2D eigenvalue weighted by atomic mass is 35.5. The third-order valence-electron chi connectivity index (χ3n) is 4.09. The van der Waals surface area contributed by atoms with Crippen molar-refractivity contribution < 1.29 is 5.11 Å². The van der Waals surface area contributed by atoms with Gasteiger partial charge in [-0.05, 0) is 43.0 Å². The number of nitrogens with zero attached hydrogens (tertiary/aromatic N) is 1. The SMILES string of the molecule is Oc1ccc(CN2CC3CCCNC3C2)cc1Cl. The van der Waals surface area contributed by atoms with Crippen LogP contribution >= 0.6 is 11.6 Å². The average Bonchev–Trinajstić information content (AvgIpc) is 2.76. The highest BCUT2D eigenvalue weighted by Gasteiger charge is 2.33. The van der Waals surface area contributed by atoms with E-state index in [-0.39, 0.29) is 5.75 Å². The van der Waals surface area contributed by atoms with Crippen molar-refractivity contribution in [3.05, 3.63) is 28.8 Å². The van der Waals surface area contributed by atoms with Gasteiger partial charge >= 0.3 is 0 Å². The molecule has 4 heteroatoms. The molecule has 0 bridgehead atoms. The van der Waals surface area contributed by atoms with Crippen LogP contribution in [0.25, 0.3) is 0 Å². The molecule has 0 aromatic heterocycles. The molecule has 18 heavy (non-hydrogen) atoms. The Morgan fingerprint density at radius 3 is 3.06 bits per heavy atom. The number of benzene rings is 1. The maximum Gasteiger partial charge on any atom is 0.134 e. The number of hydrogen-bond donors (Lipinski definition) is 2. The predicted molar refractivity (Wildman–Crippen MR) is 72.9 cm³/mol. The van der Waals surface area contributed by atoms with Crippen molar-refractivity contribution in [3.8, 4) is 5.75 Å². The molecular weight excluding hydrogens is 248 g/mol. The number of fused-ring (bicyclic) bond motifs is 1. The minimum absolute atomic E-state index is 0.164. The number of phenols is 1. The van der Waals surface area contributed by atoms with E-state index in [4.69, 9.17) is 11.6 Å². The smallest absolute Gasteiger partial charge is 0.134 e. The molecule has 2 heterocycles. The minimum atomic E-state index is 0.164. The van der Waals surface area contributed by atoms with Crippen LogP contribution in [0.5, 0.6) is 5.75 Å². The van der Waals surface area contributed by atoms with Crippen molar-refractivity contribution in [2.45, 2.75) is 25.4 Å². The summed E-state index contributed by atoms with van der Waals surface area (Å²) in [5.74, 6) is 0.975. The van der Waals surface area contributed by atoms with Crippen LogP contribution in [0.1, 0.15) is 18.4 Å². The molecule has 0 amide bonds. The Morgan fingerprint density at radius 2 is 2.28 bits per heavy atom. The summed E-state index contributed by atoms with van der Waals surface area (Å²) < 4.78 is 0. The predicted octanol–water partition coefficient (Wildman–Crippen LogP) is 2.23. The van der Waals surface area contributed by atoms with E-state index in [0.29, 0.717) is 11.1 Å². The molecule has 2 N–H and O–H groups in total. The fourth-order valence-electron chi connectivity index (χ4n) is 3.17. The molecule has 2 fully saturated rings. The lowest BCUT2D eigenvalue weighted by Gasteiger charge is -2.24. The molecule has 98 valence electrons. The van der Waals surface area contributed by atoms with Gasteiger partial charge in [0.1, 0.15) is 5.75 Å². The quantitative estimate of drug-likeness (QED) is 0.862. The first-order chi connectivity index (χ1) is 8.72. The van der Waals surface area contributed by atoms with Gasteiger partial charge in [-0.2, -0.15) is 0 Å². The van der Waals surface area contributed by atoms with Crippen LogP contribution < -0.4 is 5.32 Å². The van der Waals surface area contributed by atoms with E-state index < -0.39 is 0 Å². The lowest BCUT2D eigenvalue weighted by Crippen LogP contribution is -2.40. The van der Waals surface area contributed by atoms with Gasteiger partial charge in [0, 0.05) is 25.7 Å². The molecule has 2 aliphatic heterocycles. The molecule has 3 nitrogen and oxygen atoms in total. The van der Waals surface area contributed by atoms with E-state index >= 15 is 0 Å².